The molecular weight excluding hydrogens is 292 g/mol. The lowest BCUT2D eigenvalue weighted by molar-refractivity contribution is 0.333. The van der Waals surface area contributed by atoms with Gasteiger partial charge in [-0.1, -0.05) is 18.2 Å². The average molecular weight is 304 g/mol. The monoisotopic (exact) mass is 304 g/mol. The molecule has 1 aliphatic rings. The van der Waals surface area contributed by atoms with E-state index in [0.29, 0.717) is 0 Å². The van der Waals surface area contributed by atoms with Crippen LogP contribution in [-0.2, 0) is 9.84 Å². The first-order valence-corrected chi connectivity index (χ1v) is 7.67. The van der Waals surface area contributed by atoms with E-state index < -0.39 is 9.84 Å². The maximum Gasteiger partial charge on any atom is 0.206 e. The number of benzene rings is 2. The SMILES string of the molecule is O=S1(=O)C(COc2ccccc2O)=Cc2c(O)cccc21. The van der Waals surface area contributed by atoms with E-state index in [1.165, 1.54) is 30.3 Å². The molecule has 0 unspecified atom stereocenters. The van der Waals surface area contributed by atoms with Crippen LogP contribution in [0.5, 0.6) is 17.2 Å². The van der Waals surface area contributed by atoms with E-state index in [0.717, 1.165) is 0 Å². The molecule has 2 N–H and O–H groups in total. The van der Waals surface area contributed by atoms with Crippen LogP contribution in [0.3, 0.4) is 0 Å². The van der Waals surface area contributed by atoms with Crippen molar-refractivity contribution in [2.24, 2.45) is 0 Å². The van der Waals surface area contributed by atoms with Crippen LogP contribution in [0.1, 0.15) is 5.56 Å². The van der Waals surface area contributed by atoms with E-state index in [4.69, 9.17) is 4.74 Å². The van der Waals surface area contributed by atoms with Gasteiger partial charge in [0.25, 0.3) is 0 Å². The highest BCUT2D eigenvalue weighted by Gasteiger charge is 2.31. The second-order valence-electron chi connectivity index (χ2n) is 4.56. The Morgan fingerprint density at radius 2 is 1.67 bits per heavy atom. The number of aromatic hydroxyl groups is 2. The lowest BCUT2D eigenvalue weighted by Gasteiger charge is -2.08. The zero-order chi connectivity index (χ0) is 15.0. The fraction of sp³-hybridized carbons (Fsp3) is 0.0667. The Balaban J connectivity index is 1.90. The summed E-state index contributed by atoms with van der Waals surface area (Å²) in [4.78, 5) is 0.112. The fourth-order valence-electron chi connectivity index (χ4n) is 2.14. The summed E-state index contributed by atoms with van der Waals surface area (Å²) in [5.74, 6) is 0.0521. The van der Waals surface area contributed by atoms with Crippen molar-refractivity contribution in [2.45, 2.75) is 4.90 Å². The van der Waals surface area contributed by atoms with Gasteiger partial charge in [-0.3, -0.25) is 0 Å². The molecule has 0 amide bonds. The Morgan fingerprint density at radius 1 is 0.952 bits per heavy atom. The van der Waals surface area contributed by atoms with Crippen LogP contribution in [0, 0.1) is 0 Å². The van der Waals surface area contributed by atoms with Crippen molar-refractivity contribution in [3.8, 4) is 17.2 Å². The summed E-state index contributed by atoms with van der Waals surface area (Å²) in [6.45, 7) is -0.214. The van der Waals surface area contributed by atoms with Gasteiger partial charge in [-0.15, -0.1) is 0 Å². The van der Waals surface area contributed by atoms with Crippen LogP contribution in [-0.4, -0.2) is 25.2 Å². The Kier molecular flexibility index (Phi) is 3.10. The highest BCUT2D eigenvalue weighted by atomic mass is 32.2. The van der Waals surface area contributed by atoms with E-state index in [1.54, 1.807) is 18.2 Å². The second-order valence-corrected chi connectivity index (χ2v) is 6.53. The van der Waals surface area contributed by atoms with Crippen LogP contribution in [0.25, 0.3) is 6.08 Å². The third kappa shape index (κ3) is 2.23. The largest absolute Gasteiger partial charge is 0.507 e. The molecule has 0 fully saturated rings. The number of rotatable bonds is 3. The van der Waals surface area contributed by atoms with E-state index >= 15 is 0 Å². The molecule has 0 radical (unpaired) electrons. The van der Waals surface area contributed by atoms with Gasteiger partial charge in [0.2, 0.25) is 9.84 Å². The van der Waals surface area contributed by atoms with Crippen molar-refractivity contribution in [1.29, 1.82) is 0 Å². The molecule has 5 nitrogen and oxygen atoms in total. The maximum absolute atomic E-state index is 12.3. The number of hydrogen-bond acceptors (Lipinski definition) is 5. The number of phenolic OH excluding ortho intramolecular Hbond substituents is 2. The summed E-state index contributed by atoms with van der Waals surface area (Å²) >= 11 is 0. The van der Waals surface area contributed by atoms with Crippen LogP contribution in [0.15, 0.2) is 52.3 Å². The van der Waals surface area contributed by atoms with Crippen molar-refractivity contribution >= 4 is 15.9 Å². The zero-order valence-electron chi connectivity index (χ0n) is 10.9. The van der Waals surface area contributed by atoms with Gasteiger partial charge in [0.05, 0.1) is 9.80 Å². The van der Waals surface area contributed by atoms with Crippen molar-refractivity contribution in [3.63, 3.8) is 0 Å². The minimum absolute atomic E-state index is 0.0438. The Labute approximate surface area is 121 Å². The molecule has 6 heteroatoms. The second kappa shape index (κ2) is 4.82. The summed E-state index contributed by atoms with van der Waals surface area (Å²) < 4.78 is 30.0. The third-order valence-electron chi connectivity index (χ3n) is 3.22. The molecule has 3 rings (SSSR count). The molecule has 1 heterocycles. The van der Waals surface area contributed by atoms with Gasteiger partial charge in [0.15, 0.2) is 11.5 Å². The number of phenols is 2. The molecule has 1 aliphatic heterocycles. The van der Waals surface area contributed by atoms with Crippen LogP contribution < -0.4 is 4.74 Å². The van der Waals surface area contributed by atoms with E-state index in [-0.39, 0.29) is 39.2 Å². The maximum atomic E-state index is 12.3. The van der Waals surface area contributed by atoms with Gasteiger partial charge in [-0.25, -0.2) is 8.42 Å². The molecule has 2 aromatic rings. The number of sulfone groups is 1. The number of fused-ring (bicyclic) bond motifs is 1. The zero-order valence-corrected chi connectivity index (χ0v) is 11.7. The van der Waals surface area contributed by atoms with Gasteiger partial charge in [0.1, 0.15) is 12.4 Å². The number of para-hydroxylation sites is 2. The van der Waals surface area contributed by atoms with Gasteiger partial charge >= 0.3 is 0 Å². The van der Waals surface area contributed by atoms with Crippen molar-refractivity contribution in [3.05, 3.63) is 52.9 Å². The molecule has 0 spiro atoms. The Bertz CT molecular complexity index is 837. The predicted octanol–water partition coefficient (Wildman–Crippen LogP) is 2.30. The lowest BCUT2D eigenvalue weighted by Crippen LogP contribution is -2.09. The fourth-order valence-corrected chi connectivity index (χ4v) is 3.62. The van der Waals surface area contributed by atoms with Gasteiger partial charge < -0.3 is 14.9 Å². The standard InChI is InChI=1S/C15H12O5S/c16-12-5-3-7-15-11(12)8-10(21(15,18)19)9-20-14-6-2-1-4-13(14)17/h1-8,16-17H,9H2. The van der Waals surface area contributed by atoms with Gasteiger partial charge in [0, 0.05) is 5.56 Å². The predicted molar refractivity (Wildman–Crippen MR) is 76.9 cm³/mol. The molecule has 0 atom stereocenters. The van der Waals surface area contributed by atoms with E-state index in [2.05, 4.69) is 0 Å². The highest BCUT2D eigenvalue weighted by molar-refractivity contribution is 7.95. The van der Waals surface area contributed by atoms with Gasteiger partial charge in [-0.05, 0) is 30.3 Å². The molecule has 21 heavy (non-hydrogen) atoms. The third-order valence-corrected chi connectivity index (χ3v) is 5.08. The quantitative estimate of drug-likeness (QED) is 0.909. The molecule has 0 aliphatic carbocycles. The Morgan fingerprint density at radius 3 is 2.38 bits per heavy atom. The number of hydrogen-bond donors (Lipinski definition) is 2. The molecule has 2 aromatic carbocycles. The molecule has 0 saturated carbocycles. The molecule has 108 valence electrons. The molecule has 0 bridgehead atoms. The summed E-state index contributed by atoms with van der Waals surface area (Å²) in [5, 5.41) is 19.3. The normalized spacial score (nSPS) is 15.3. The highest BCUT2D eigenvalue weighted by Crippen LogP contribution is 2.38. The van der Waals surface area contributed by atoms with Crippen LogP contribution >= 0.6 is 0 Å². The molecular formula is C15H12O5S. The Hall–Kier alpha value is -2.47. The summed E-state index contributed by atoms with van der Waals surface area (Å²) in [6.07, 6.45) is 1.39. The summed E-state index contributed by atoms with van der Waals surface area (Å²) in [5.41, 5.74) is 0.272. The van der Waals surface area contributed by atoms with E-state index in [9.17, 15) is 18.6 Å². The molecule has 0 aromatic heterocycles. The lowest BCUT2D eigenvalue weighted by atomic mass is 10.2. The first kappa shape index (κ1) is 13.5. The minimum atomic E-state index is -3.66. The van der Waals surface area contributed by atoms with Crippen molar-refractivity contribution in [2.75, 3.05) is 6.61 Å². The molecule has 0 saturated heterocycles. The first-order valence-electron chi connectivity index (χ1n) is 6.18. The summed E-state index contributed by atoms with van der Waals surface area (Å²) in [7, 11) is -3.66. The number of ether oxygens (including phenoxy) is 1. The van der Waals surface area contributed by atoms with E-state index in [1.807, 2.05) is 0 Å². The van der Waals surface area contributed by atoms with Crippen molar-refractivity contribution in [1.82, 2.24) is 0 Å². The minimum Gasteiger partial charge on any atom is -0.507 e. The van der Waals surface area contributed by atoms with Crippen molar-refractivity contribution < 1.29 is 23.4 Å². The summed E-state index contributed by atoms with van der Waals surface area (Å²) in [6, 6.07) is 10.7. The topological polar surface area (TPSA) is 83.8 Å². The van der Waals surface area contributed by atoms with Gasteiger partial charge in [-0.2, -0.15) is 0 Å². The smallest absolute Gasteiger partial charge is 0.206 e. The van der Waals surface area contributed by atoms with Crippen LogP contribution in [0.2, 0.25) is 0 Å². The average Bonchev–Trinajstić information content (AvgIpc) is 2.71. The first-order chi connectivity index (χ1) is 10.00. The van der Waals surface area contributed by atoms with Crippen LogP contribution in [0.4, 0.5) is 0 Å².